The van der Waals surface area contributed by atoms with Crippen LogP contribution >= 0.6 is 0 Å². The van der Waals surface area contributed by atoms with Gasteiger partial charge in [-0.1, -0.05) is 18.2 Å². The summed E-state index contributed by atoms with van der Waals surface area (Å²) in [6.45, 7) is 0. The molecular formula is C9H9F3O6S2. The number of halogens is 3. The molecule has 0 heterocycles. The van der Waals surface area contributed by atoms with Crippen molar-refractivity contribution in [2.75, 3.05) is 5.75 Å². The Morgan fingerprint density at radius 1 is 1.10 bits per heavy atom. The lowest BCUT2D eigenvalue weighted by Crippen LogP contribution is -2.39. The normalized spacial score (nSPS) is 15.0. The van der Waals surface area contributed by atoms with Gasteiger partial charge in [0.15, 0.2) is 6.10 Å². The quantitative estimate of drug-likeness (QED) is 0.642. The van der Waals surface area contributed by atoms with E-state index < -0.39 is 43.2 Å². The minimum Gasteiger partial charge on any atom is -0.285 e. The van der Waals surface area contributed by atoms with Crippen LogP contribution in [0.1, 0.15) is 0 Å². The maximum absolute atomic E-state index is 12.5. The molecule has 0 saturated heterocycles. The van der Waals surface area contributed by atoms with Gasteiger partial charge in [0.25, 0.3) is 20.2 Å². The average molecular weight is 334 g/mol. The Balaban J connectivity index is 3.08. The molecule has 0 amide bonds. The van der Waals surface area contributed by atoms with Crippen molar-refractivity contribution in [3.63, 3.8) is 0 Å². The molecule has 0 radical (unpaired) electrons. The number of benzene rings is 1. The zero-order chi connectivity index (χ0) is 15.6. The van der Waals surface area contributed by atoms with Gasteiger partial charge < -0.3 is 0 Å². The molecule has 1 atom stereocenters. The summed E-state index contributed by atoms with van der Waals surface area (Å²) < 4.78 is 94.0. The number of rotatable bonds is 5. The van der Waals surface area contributed by atoms with Gasteiger partial charge in [-0.25, -0.2) is 0 Å². The second-order valence-corrected chi connectivity index (χ2v) is 6.71. The Hall–Kier alpha value is -1.17. The maximum Gasteiger partial charge on any atom is 0.417 e. The molecule has 0 aromatic heterocycles. The van der Waals surface area contributed by atoms with Gasteiger partial charge in [-0.3, -0.25) is 8.74 Å². The third-order valence-corrected chi connectivity index (χ3v) is 4.06. The molecule has 114 valence electrons. The van der Waals surface area contributed by atoms with Crippen LogP contribution in [0.25, 0.3) is 0 Å². The second-order valence-electron chi connectivity index (χ2n) is 3.64. The lowest BCUT2D eigenvalue weighted by atomic mass is 10.4. The molecule has 11 heteroatoms. The molecule has 0 bridgehead atoms. The van der Waals surface area contributed by atoms with Crippen molar-refractivity contribution < 1.29 is 38.7 Å². The fourth-order valence-electron chi connectivity index (χ4n) is 1.16. The van der Waals surface area contributed by atoms with Crippen LogP contribution in [0.2, 0.25) is 0 Å². The van der Waals surface area contributed by atoms with Crippen LogP contribution in [0.3, 0.4) is 0 Å². The molecule has 0 fully saturated rings. The van der Waals surface area contributed by atoms with Crippen LogP contribution in [0.5, 0.6) is 0 Å². The van der Waals surface area contributed by atoms with E-state index in [0.717, 1.165) is 12.1 Å². The summed E-state index contributed by atoms with van der Waals surface area (Å²) in [6, 6.07) is 5.90. The van der Waals surface area contributed by atoms with E-state index in [1.54, 1.807) is 0 Å². The Kier molecular flexibility index (Phi) is 4.79. The van der Waals surface area contributed by atoms with Gasteiger partial charge in [0.2, 0.25) is 0 Å². The third-order valence-electron chi connectivity index (χ3n) is 2.00. The molecule has 6 nitrogen and oxygen atoms in total. The van der Waals surface area contributed by atoms with Crippen molar-refractivity contribution in [3.8, 4) is 0 Å². The van der Waals surface area contributed by atoms with Crippen molar-refractivity contribution in [3.05, 3.63) is 30.3 Å². The predicted molar refractivity (Wildman–Crippen MR) is 61.0 cm³/mol. The largest absolute Gasteiger partial charge is 0.417 e. The van der Waals surface area contributed by atoms with Crippen molar-refractivity contribution in [1.82, 2.24) is 0 Å². The number of alkyl halides is 3. The van der Waals surface area contributed by atoms with E-state index in [-0.39, 0.29) is 0 Å². The van der Waals surface area contributed by atoms with Crippen molar-refractivity contribution in [2.45, 2.75) is 17.2 Å². The summed E-state index contributed by atoms with van der Waals surface area (Å²) in [5.41, 5.74) is 0. The monoisotopic (exact) mass is 334 g/mol. The molecular weight excluding hydrogens is 325 g/mol. The first-order valence-electron chi connectivity index (χ1n) is 4.92. The number of hydrogen-bond donors (Lipinski definition) is 1. The zero-order valence-electron chi connectivity index (χ0n) is 9.61. The second kappa shape index (κ2) is 5.68. The fourth-order valence-corrected chi connectivity index (χ4v) is 2.97. The first-order chi connectivity index (χ1) is 8.92. The molecule has 1 N–H and O–H groups in total. The van der Waals surface area contributed by atoms with Gasteiger partial charge in [-0.05, 0) is 12.1 Å². The molecule has 20 heavy (non-hydrogen) atoms. The Bertz CT molecular complexity index is 651. The van der Waals surface area contributed by atoms with Crippen molar-refractivity contribution in [2.24, 2.45) is 0 Å². The lowest BCUT2D eigenvalue weighted by Gasteiger charge is -2.18. The molecule has 0 aliphatic carbocycles. The molecule has 0 saturated carbocycles. The van der Waals surface area contributed by atoms with Crippen molar-refractivity contribution >= 4 is 20.2 Å². The van der Waals surface area contributed by atoms with Crippen LogP contribution in [-0.2, 0) is 24.4 Å². The first-order valence-corrected chi connectivity index (χ1v) is 7.94. The SMILES string of the molecule is O=S(=O)(O)CC(OS(=O)(=O)c1ccccc1)C(F)(F)F. The first kappa shape index (κ1) is 16.9. The van der Waals surface area contributed by atoms with E-state index in [4.69, 9.17) is 4.55 Å². The highest BCUT2D eigenvalue weighted by molar-refractivity contribution is 7.87. The summed E-state index contributed by atoms with van der Waals surface area (Å²) in [5, 5.41) is 0. The van der Waals surface area contributed by atoms with Crippen LogP contribution in [0.4, 0.5) is 13.2 Å². The smallest absolute Gasteiger partial charge is 0.285 e. The topological polar surface area (TPSA) is 97.7 Å². The van der Waals surface area contributed by atoms with E-state index in [1.165, 1.54) is 18.2 Å². The van der Waals surface area contributed by atoms with E-state index in [1.807, 2.05) is 0 Å². The number of hydrogen-bond acceptors (Lipinski definition) is 5. The minimum atomic E-state index is -5.28. The Morgan fingerprint density at radius 2 is 1.60 bits per heavy atom. The maximum atomic E-state index is 12.5. The van der Waals surface area contributed by atoms with Crippen LogP contribution in [-0.4, -0.2) is 39.4 Å². The van der Waals surface area contributed by atoms with E-state index in [2.05, 4.69) is 4.18 Å². The predicted octanol–water partition coefficient (Wildman–Crippen LogP) is 1.21. The highest BCUT2D eigenvalue weighted by atomic mass is 32.2. The van der Waals surface area contributed by atoms with Crippen LogP contribution in [0.15, 0.2) is 35.2 Å². The lowest BCUT2D eigenvalue weighted by molar-refractivity contribution is -0.187. The van der Waals surface area contributed by atoms with Crippen LogP contribution < -0.4 is 0 Å². The van der Waals surface area contributed by atoms with Crippen LogP contribution in [0, 0.1) is 0 Å². The van der Waals surface area contributed by atoms with Gasteiger partial charge in [0, 0.05) is 0 Å². The van der Waals surface area contributed by atoms with Gasteiger partial charge in [0.05, 0.1) is 4.90 Å². The summed E-state index contributed by atoms with van der Waals surface area (Å²) >= 11 is 0. The molecule has 0 aliphatic heterocycles. The molecule has 1 aromatic rings. The summed E-state index contributed by atoms with van der Waals surface area (Å²) in [6.07, 6.45) is -8.47. The van der Waals surface area contributed by atoms with Gasteiger partial charge in [0.1, 0.15) is 5.75 Å². The zero-order valence-corrected chi connectivity index (χ0v) is 11.2. The molecule has 1 rings (SSSR count). The standard InChI is InChI=1S/C9H9F3O6S2/c10-9(11,12)8(6-19(13,14)15)18-20(16,17)7-4-2-1-3-5-7/h1-5,8H,6H2,(H,13,14,15). The Morgan fingerprint density at radius 3 is 2.00 bits per heavy atom. The Labute approximate surface area is 113 Å². The van der Waals surface area contributed by atoms with Gasteiger partial charge in [-0.2, -0.15) is 30.0 Å². The van der Waals surface area contributed by atoms with Gasteiger partial charge in [-0.15, -0.1) is 0 Å². The summed E-state index contributed by atoms with van der Waals surface area (Å²) in [7, 11) is -9.88. The highest BCUT2D eigenvalue weighted by Gasteiger charge is 2.46. The summed E-state index contributed by atoms with van der Waals surface area (Å²) in [4.78, 5) is -0.565. The fraction of sp³-hybridized carbons (Fsp3) is 0.333. The highest BCUT2D eigenvalue weighted by Crippen LogP contribution is 2.27. The molecule has 1 aromatic carbocycles. The molecule has 0 aliphatic rings. The van der Waals surface area contributed by atoms with Crippen molar-refractivity contribution in [1.29, 1.82) is 0 Å². The minimum absolute atomic E-state index is 0.565. The average Bonchev–Trinajstić information content (AvgIpc) is 2.26. The summed E-state index contributed by atoms with van der Waals surface area (Å²) in [5.74, 6) is -1.91. The van der Waals surface area contributed by atoms with E-state index in [0.29, 0.717) is 0 Å². The molecule has 0 spiro atoms. The molecule has 1 unspecified atom stereocenters. The van der Waals surface area contributed by atoms with E-state index in [9.17, 15) is 30.0 Å². The van der Waals surface area contributed by atoms with E-state index >= 15 is 0 Å². The third kappa shape index (κ3) is 5.07. The van der Waals surface area contributed by atoms with Gasteiger partial charge >= 0.3 is 6.18 Å².